The average Bonchev–Trinajstić information content (AvgIpc) is 2.98. The van der Waals surface area contributed by atoms with Gasteiger partial charge in [0.2, 0.25) is 12.2 Å². The van der Waals surface area contributed by atoms with Gasteiger partial charge >= 0.3 is 29.8 Å². The summed E-state index contributed by atoms with van der Waals surface area (Å²) in [5.74, 6) is -3.47. The fourth-order valence-corrected chi connectivity index (χ4v) is 2.24. The predicted molar refractivity (Wildman–Crippen MR) is 138 cm³/mol. The number of hydrogen-bond acceptors (Lipinski definition) is 14. The van der Waals surface area contributed by atoms with Crippen LogP contribution in [0.1, 0.15) is 6.42 Å². The van der Waals surface area contributed by atoms with Crippen molar-refractivity contribution in [2.75, 3.05) is 39.5 Å². The number of isocyanates is 2. The molecule has 0 aliphatic carbocycles. The number of nitrogens with zero attached hydrogens (tertiary/aromatic N) is 2. The summed E-state index contributed by atoms with van der Waals surface area (Å²) in [7, 11) is 0. The van der Waals surface area contributed by atoms with E-state index >= 15 is 0 Å². The van der Waals surface area contributed by atoms with E-state index in [0.29, 0.717) is 0 Å². The molecule has 0 saturated carbocycles. The highest BCUT2D eigenvalue weighted by molar-refractivity contribution is 5.83. The highest BCUT2D eigenvalue weighted by Gasteiger charge is 2.35. The molecule has 0 aromatic heterocycles. The van der Waals surface area contributed by atoms with E-state index < -0.39 is 41.4 Å². The van der Waals surface area contributed by atoms with Gasteiger partial charge in [0.1, 0.15) is 26.4 Å². The largest absolute Gasteiger partial charge is 0.462 e. The van der Waals surface area contributed by atoms with E-state index in [1.165, 1.54) is 12.2 Å². The van der Waals surface area contributed by atoms with Gasteiger partial charge < -0.3 is 23.7 Å². The zero-order valence-electron chi connectivity index (χ0n) is 21.7. The molecule has 1 unspecified atom stereocenters. The lowest BCUT2D eigenvalue weighted by Crippen LogP contribution is -2.40. The molecule has 40 heavy (non-hydrogen) atoms. The second kappa shape index (κ2) is 23.0. The summed E-state index contributed by atoms with van der Waals surface area (Å²) in [5.41, 5.74) is -1.10. The number of esters is 5. The van der Waals surface area contributed by atoms with Crippen LogP contribution in [-0.2, 0) is 57.2 Å². The third-order valence-electron chi connectivity index (χ3n) is 4.27. The van der Waals surface area contributed by atoms with E-state index in [1.54, 1.807) is 0 Å². The minimum atomic E-state index is -1.10. The SMILES string of the molecule is C=CC(=O)OCC(CCN=C=O)(COC(=O)C=C)COC(=O)C=C.C=CC(=O)OCC(CN=C=O)OC(=O)C=C. The third kappa shape index (κ3) is 19.0. The smallest absolute Gasteiger partial charge is 0.330 e. The molecule has 1 atom stereocenters. The summed E-state index contributed by atoms with van der Waals surface area (Å²) in [6.45, 7) is 15.1. The van der Waals surface area contributed by atoms with Crippen molar-refractivity contribution in [1.29, 1.82) is 0 Å². The number of aliphatic imine (C=N–C) groups is 2. The van der Waals surface area contributed by atoms with Crippen LogP contribution in [0.2, 0.25) is 0 Å². The standard InChI is InChI=1S/C16H19NO7.C10H11NO5/c1-4-13(19)22-9-16(7-8-17-12-18,10-23-14(20)5-2)11-24-15(21)6-3;1-3-9(13)15-6-8(5-11-7-12)16-10(14)4-2/h4-6H,1-3,7-11H2;3-4,8H,1-2,5-6H2. The van der Waals surface area contributed by atoms with Gasteiger partial charge in [-0.25, -0.2) is 43.5 Å². The lowest BCUT2D eigenvalue weighted by molar-refractivity contribution is -0.156. The van der Waals surface area contributed by atoms with E-state index in [-0.39, 0.29) is 45.9 Å². The normalized spacial score (nSPS) is 10.1. The lowest BCUT2D eigenvalue weighted by Gasteiger charge is -2.31. The molecule has 0 amide bonds. The van der Waals surface area contributed by atoms with Crippen LogP contribution in [0.4, 0.5) is 0 Å². The third-order valence-corrected chi connectivity index (χ3v) is 4.27. The van der Waals surface area contributed by atoms with Crippen LogP contribution in [0.3, 0.4) is 0 Å². The van der Waals surface area contributed by atoms with Crippen LogP contribution in [-0.4, -0.2) is 87.6 Å². The number of carbonyl (C=O) groups excluding carboxylic acids is 7. The van der Waals surface area contributed by atoms with Crippen LogP contribution in [0.25, 0.3) is 0 Å². The number of hydrogen-bond donors (Lipinski definition) is 0. The summed E-state index contributed by atoms with van der Waals surface area (Å²) in [6, 6.07) is 0. The van der Waals surface area contributed by atoms with Gasteiger partial charge in [0.05, 0.1) is 18.5 Å². The van der Waals surface area contributed by atoms with E-state index in [1.807, 2.05) is 0 Å². The van der Waals surface area contributed by atoms with Gasteiger partial charge in [-0.1, -0.05) is 32.9 Å². The molecule has 0 rings (SSSR count). The average molecular weight is 563 g/mol. The molecular formula is C26H30N2O12. The fraction of sp³-hybridized carbons (Fsp3) is 0.346. The van der Waals surface area contributed by atoms with E-state index in [2.05, 4.69) is 47.6 Å². The van der Waals surface area contributed by atoms with Gasteiger partial charge in [0.15, 0.2) is 6.10 Å². The Morgan fingerprint density at radius 3 is 1.43 bits per heavy atom. The molecule has 0 saturated heterocycles. The Balaban J connectivity index is 0. The van der Waals surface area contributed by atoms with E-state index in [4.69, 9.17) is 18.9 Å². The van der Waals surface area contributed by atoms with Crippen molar-refractivity contribution in [2.24, 2.45) is 15.4 Å². The Bertz CT molecular complexity index is 976. The molecule has 14 heteroatoms. The molecule has 0 aromatic rings. The van der Waals surface area contributed by atoms with Gasteiger partial charge in [-0.05, 0) is 6.42 Å². The highest BCUT2D eigenvalue weighted by atomic mass is 16.6. The number of ether oxygens (including phenoxy) is 5. The van der Waals surface area contributed by atoms with Gasteiger partial charge in [-0.3, -0.25) is 0 Å². The van der Waals surface area contributed by atoms with Gasteiger partial charge in [0, 0.05) is 30.4 Å². The van der Waals surface area contributed by atoms with Crippen LogP contribution < -0.4 is 0 Å². The first-order chi connectivity index (χ1) is 19.1. The van der Waals surface area contributed by atoms with Crippen molar-refractivity contribution in [3.8, 4) is 0 Å². The molecule has 0 N–H and O–H groups in total. The summed E-state index contributed by atoms with van der Waals surface area (Å²) in [6.07, 6.45) is 6.74. The maximum Gasteiger partial charge on any atom is 0.330 e. The Labute approximate surface area is 230 Å². The first-order valence-corrected chi connectivity index (χ1v) is 11.1. The number of carbonyl (C=O) groups is 5. The summed E-state index contributed by atoms with van der Waals surface area (Å²) < 4.78 is 24.4. The Hall–Kier alpha value is -5.19. The van der Waals surface area contributed by atoms with E-state index in [9.17, 15) is 33.6 Å². The highest BCUT2D eigenvalue weighted by Crippen LogP contribution is 2.25. The molecule has 0 aromatic carbocycles. The van der Waals surface area contributed by atoms with Gasteiger partial charge in [-0.15, -0.1) is 0 Å². The van der Waals surface area contributed by atoms with Crippen molar-refractivity contribution in [3.63, 3.8) is 0 Å². The summed E-state index contributed by atoms with van der Waals surface area (Å²) >= 11 is 0. The van der Waals surface area contributed by atoms with Crippen LogP contribution in [0.5, 0.6) is 0 Å². The van der Waals surface area contributed by atoms with Crippen molar-refractivity contribution in [3.05, 3.63) is 63.3 Å². The first kappa shape index (κ1) is 37.0. The quantitative estimate of drug-likeness (QED) is 0.0715. The molecular weight excluding hydrogens is 532 g/mol. The minimum Gasteiger partial charge on any atom is -0.462 e. The Kier molecular flexibility index (Phi) is 21.2. The topological polar surface area (TPSA) is 190 Å². The molecule has 0 heterocycles. The van der Waals surface area contributed by atoms with Crippen LogP contribution in [0, 0.1) is 5.41 Å². The summed E-state index contributed by atoms with van der Waals surface area (Å²) in [5, 5.41) is 0. The molecule has 0 aliphatic heterocycles. The van der Waals surface area contributed by atoms with Gasteiger partial charge in [-0.2, -0.15) is 0 Å². The second-order valence-electron chi connectivity index (χ2n) is 7.19. The van der Waals surface area contributed by atoms with Gasteiger partial charge in [0.25, 0.3) is 0 Å². The number of rotatable bonds is 19. The monoisotopic (exact) mass is 562 g/mol. The minimum absolute atomic E-state index is 0.00637. The second-order valence-corrected chi connectivity index (χ2v) is 7.19. The molecule has 216 valence electrons. The van der Waals surface area contributed by atoms with Crippen molar-refractivity contribution < 1.29 is 57.2 Å². The molecule has 0 fully saturated rings. The Morgan fingerprint density at radius 1 is 0.650 bits per heavy atom. The van der Waals surface area contributed by atoms with Crippen molar-refractivity contribution in [2.45, 2.75) is 12.5 Å². The fourth-order valence-electron chi connectivity index (χ4n) is 2.24. The molecule has 0 aliphatic rings. The molecule has 0 radical (unpaired) electrons. The summed E-state index contributed by atoms with van der Waals surface area (Å²) in [4.78, 5) is 82.3. The van der Waals surface area contributed by atoms with E-state index in [0.717, 1.165) is 30.4 Å². The molecule has 14 nitrogen and oxygen atoms in total. The van der Waals surface area contributed by atoms with Crippen molar-refractivity contribution >= 4 is 42.0 Å². The maximum atomic E-state index is 11.3. The van der Waals surface area contributed by atoms with Crippen molar-refractivity contribution in [1.82, 2.24) is 0 Å². The zero-order chi connectivity index (χ0) is 30.8. The Morgan fingerprint density at radius 2 is 1.05 bits per heavy atom. The maximum absolute atomic E-state index is 11.3. The zero-order valence-corrected chi connectivity index (χ0v) is 21.7. The van der Waals surface area contributed by atoms with Crippen LogP contribution >= 0.6 is 0 Å². The lowest BCUT2D eigenvalue weighted by atomic mass is 9.87. The first-order valence-electron chi connectivity index (χ1n) is 11.1. The molecule has 0 bridgehead atoms. The predicted octanol–water partition coefficient (Wildman–Crippen LogP) is 1.04. The molecule has 0 spiro atoms. The van der Waals surface area contributed by atoms with Crippen LogP contribution in [0.15, 0.2) is 73.3 Å².